The molecule has 1 fully saturated rings. The van der Waals surface area contributed by atoms with Crippen LogP contribution in [0.25, 0.3) is 0 Å². The number of likely N-dealkylation sites (tertiary alicyclic amines) is 1. The minimum Gasteiger partial charge on any atom is -0.473 e. The Balaban J connectivity index is 0.00000225. The summed E-state index contributed by atoms with van der Waals surface area (Å²) in [6.45, 7) is 1.09. The molecule has 0 aromatic heterocycles. The molecule has 2 aromatic rings. The monoisotopic (exact) mass is 428 g/mol. The van der Waals surface area contributed by atoms with E-state index in [4.69, 9.17) is 10.5 Å². The Hall–Kier alpha value is -1.63. The maximum absolute atomic E-state index is 14.1. The van der Waals surface area contributed by atoms with E-state index in [0.717, 1.165) is 6.42 Å². The molecular formula is C18H19BrClFN2O2. The number of rotatable bonds is 4. The summed E-state index contributed by atoms with van der Waals surface area (Å²) in [7, 11) is 0. The Labute approximate surface area is 160 Å². The van der Waals surface area contributed by atoms with E-state index in [1.54, 1.807) is 23.1 Å². The number of carbonyl (C=O) groups is 1. The van der Waals surface area contributed by atoms with Gasteiger partial charge in [-0.25, -0.2) is 4.39 Å². The molecule has 0 spiro atoms. The first-order valence-corrected chi connectivity index (χ1v) is 8.55. The Bertz CT molecular complexity index is 732. The topological polar surface area (TPSA) is 55.6 Å². The van der Waals surface area contributed by atoms with Gasteiger partial charge in [0.15, 0.2) is 11.6 Å². The van der Waals surface area contributed by atoms with Crippen molar-refractivity contribution in [2.45, 2.75) is 18.6 Å². The van der Waals surface area contributed by atoms with Crippen LogP contribution < -0.4 is 10.5 Å². The van der Waals surface area contributed by atoms with Gasteiger partial charge in [-0.05, 0) is 24.6 Å². The quantitative estimate of drug-likeness (QED) is 0.806. The first-order valence-electron chi connectivity index (χ1n) is 7.75. The van der Waals surface area contributed by atoms with Gasteiger partial charge in [-0.15, -0.1) is 12.4 Å². The van der Waals surface area contributed by atoms with Crippen LogP contribution in [0.3, 0.4) is 0 Å². The number of nitrogens with zero attached hydrogens (tertiary/aromatic N) is 1. The van der Waals surface area contributed by atoms with Crippen LogP contribution in [0.4, 0.5) is 4.39 Å². The second kappa shape index (κ2) is 8.65. The number of halogens is 3. The van der Waals surface area contributed by atoms with Crippen molar-refractivity contribution in [1.29, 1.82) is 0 Å². The standard InChI is InChI=1S/C18H18BrFN2O2.ClH/c19-13-6-7-16(15(20)10-13)24-17(12-4-2-1-3-5-12)18(23)22-9-8-14(21)11-22;/h1-7,10,14,17H,8-9,11,21H2;1H/t14-,17?;/m1./s1. The Morgan fingerprint density at radius 2 is 2.00 bits per heavy atom. The summed E-state index contributed by atoms with van der Waals surface area (Å²) in [4.78, 5) is 14.6. The van der Waals surface area contributed by atoms with Crippen molar-refractivity contribution in [3.05, 3.63) is 64.4 Å². The van der Waals surface area contributed by atoms with E-state index < -0.39 is 11.9 Å². The molecule has 2 aromatic carbocycles. The molecule has 3 rings (SSSR count). The molecule has 0 aliphatic carbocycles. The van der Waals surface area contributed by atoms with Crippen LogP contribution >= 0.6 is 28.3 Å². The Morgan fingerprint density at radius 3 is 2.60 bits per heavy atom. The summed E-state index contributed by atoms with van der Waals surface area (Å²) in [5.74, 6) is -0.670. The molecule has 1 amide bonds. The highest BCUT2D eigenvalue weighted by Crippen LogP contribution is 2.29. The van der Waals surface area contributed by atoms with Crippen molar-refractivity contribution in [3.8, 4) is 5.75 Å². The SMILES string of the molecule is Cl.N[C@@H]1CCN(C(=O)C(Oc2ccc(Br)cc2F)c2ccccc2)C1. The fourth-order valence-corrected chi connectivity index (χ4v) is 3.07. The molecule has 1 aliphatic heterocycles. The lowest BCUT2D eigenvalue weighted by atomic mass is 10.1. The van der Waals surface area contributed by atoms with E-state index in [-0.39, 0.29) is 30.1 Å². The molecular weight excluding hydrogens is 411 g/mol. The highest BCUT2D eigenvalue weighted by Gasteiger charge is 2.32. The van der Waals surface area contributed by atoms with Crippen LogP contribution in [0.15, 0.2) is 53.0 Å². The maximum Gasteiger partial charge on any atom is 0.268 e. The average molecular weight is 430 g/mol. The molecule has 0 saturated carbocycles. The fourth-order valence-electron chi connectivity index (χ4n) is 2.74. The highest BCUT2D eigenvalue weighted by molar-refractivity contribution is 9.10. The van der Waals surface area contributed by atoms with Crippen molar-refractivity contribution in [2.75, 3.05) is 13.1 Å². The first-order chi connectivity index (χ1) is 11.5. The molecule has 2 atom stereocenters. The zero-order valence-corrected chi connectivity index (χ0v) is 15.8. The summed E-state index contributed by atoms with van der Waals surface area (Å²) in [5, 5.41) is 0. The number of benzene rings is 2. The lowest BCUT2D eigenvalue weighted by Gasteiger charge is -2.24. The number of hydrogen-bond donors (Lipinski definition) is 1. The maximum atomic E-state index is 14.1. The molecule has 0 radical (unpaired) electrons. The number of nitrogens with two attached hydrogens (primary N) is 1. The van der Waals surface area contributed by atoms with Gasteiger partial charge >= 0.3 is 0 Å². The van der Waals surface area contributed by atoms with E-state index in [9.17, 15) is 9.18 Å². The lowest BCUT2D eigenvalue weighted by molar-refractivity contribution is -0.138. The third-order valence-electron chi connectivity index (χ3n) is 4.00. The first kappa shape index (κ1) is 19.7. The molecule has 1 aliphatic rings. The van der Waals surface area contributed by atoms with Crippen molar-refractivity contribution in [3.63, 3.8) is 0 Å². The highest BCUT2D eigenvalue weighted by atomic mass is 79.9. The second-order valence-corrected chi connectivity index (χ2v) is 6.73. The van der Waals surface area contributed by atoms with Gasteiger partial charge in [0, 0.05) is 29.2 Å². The van der Waals surface area contributed by atoms with Gasteiger partial charge in [0.25, 0.3) is 5.91 Å². The van der Waals surface area contributed by atoms with Crippen LogP contribution in [0, 0.1) is 5.82 Å². The summed E-state index contributed by atoms with van der Waals surface area (Å²) in [5.41, 5.74) is 6.58. The van der Waals surface area contributed by atoms with Crippen LogP contribution in [0.2, 0.25) is 0 Å². The van der Waals surface area contributed by atoms with Crippen LogP contribution in [0.5, 0.6) is 5.75 Å². The molecule has 4 nitrogen and oxygen atoms in total. The third kappa shape index (κ3) is 4.71. The minimum absolute atomic E-state index is 0. The van der Waals surface area contributed by atoms with Crippen molar-refractivity contribution in [1.82, 2.24) is 4.90 Å². The van der Waals surface area contributed by atoms with E-state index >= 15 is 0 Å². The van der Waals surface area contributed by atoms with Crippen molar-refractivity contribution in [2.24, 2.45) is 5.73 Å². The van der Waals surface area contributed by atoms with Gasteiger partial charge < -0.3 is 15.4 Å². The molecule has 25 heavy (non-hydrogen) atoms. The number of hydrogen-bond acceptors (Lipinski definition) is 3. The zero-order valence-electron chi connectivity index (χ0n) is 13.4. The Kier molecular flexibility index (Phi) is 6.81. The fraction of sp³-hybridized carbons (Fsp3) is 0.278. The van der Waals surface area contributed by atoms with E-state index in [0.29, 0.717) is 23.1 Å². The van der Waals surface area contributed by atoms with Crippen LogP contribution in [0.1, 0.15) is 18.1 Å². The van der Waals surface area contributed by atoms with Gasteiger partial charge in [-0.1, -0.05) is 46.3 Å². The van der Waals surface area contributed by atoms with E-state index in [1.807, 2.05) is 18.2 Å². The van der Waals surface area contributed by atoms with Gasteiger partial charge in [-0.3, -0.25) is 4.79 Å². The average Bonchev–Trinajstić information content (AvgIpc) is 3.01. The van der Waals surface area contributed by atoms with Gasteiger partial charge in [-0.2, -0.15) is 0 Å². The number of amides is 1. The summed E-state index contributed by atoms with van der Waals surface area (Å²) in [6, 6.07) is 13.6. The molecule has 1 heterocycles. The number of carbonyl (C=O) groups excluding carboxylic acids is 1. The molecule has 1 unspecified atom stereocenters. The van der Waals surface area contributed by atoms with Gasteiger partial charge in [0.1, 0.15) is 0 Å². The minimum atomic E-state index is -0.896. The smallest absolute Gasteiger partial charge is 0.268 e. The second-order valence-electron chi connectivity index (χ2n) is 5.82. The predicted molar refractivity (Wildman–Crippen MR) is 100 cm³/mol. The molecule has 134 valence electrons. The molecule has 7 heteroatoms. The zero-order chi connectivity index (χ0) is 17.1. The largest absolute Gasteiger partial charge is 0.473 e. The van der Waals surface area contributed by atoms with Crippen LogP contribution in [-0.4, -0.2) is 29.9 Å². The number of ether oxygens (including phenoxy) is 1. The van der Waals surface area contributed by atoms with Crippen LogP contribution in [-0.2, 0) is 4.79 Å². The summed E-state index contributed by atoms with van der Waals surface area (Å²) < 4.78 is 20.5. The lowest BCUT2D eigenvalue weighted by Crippen LogP contribution is -2.37. The van der Waals surface area contributed by atoms with E-state index in [2.05, 4.69) is 15.9 Å². The summed E-state index contributed by atoms with van der Waals surface area (Å²) in [6.07, 6.45) is -0.132. The third-order valence-corrected chi connectivity index (χ3v) is 4.49. The Morgan fingerprint density at radius 1 is 1.28 bits per heavy atom. The van der Waals surface area contributed by atoms with Gasteiger partial charge in [0.2, 0.25) is 6.10 Å². The van der Waals surface area contributed by atoms with Crippen molar-refractivity contribution < 1.29 is 13.9 Å². The normalized spacial score (nSPS) is 17.7. The van der Waals surface area contributed by atoms with Gasteiger partial charge in [0.05, 0.1) is 0 Å². The molecule has 1 saturated heterocycles. The van der Waals surface area contributed by atoms with Crippen molar-refractivity contribution >= 4 is 34.2 Å². The van der Waals surface area contributed by atoms with E-state index in [1.165, 1.54) is 12.1 Å². The molecule has 0 bridgehead atoms. The predicted octanol–water partition coefficient (Wildman–Crippen LogP) is 3.69. The summed E-state index contributed by atoms with van der Waals surface area (Å²) >= 11 is 3.21. The molecule has 2 N–H and O–H groups in total.